The van der Waals surface area contributed by atoms with Crippen LogP contribution in [0.4, 0.5) is 5.69 Å². The molecule has 7 heteroatoms. The first-order valence-electron chi connectivity index (χ1n) is 5.53. The third-order valence-electron chi connectivity index (χ3n) is 2.49. The Morgan fingerprint density at radius 1 is 1.21 bits per heavy atom. The van der Waals surface area contributed by atoms with Crippen LogP contribution in [0.1, 0.15) is 16.1 Å². The Kier molecular flexibility index (Phi) is 3.58. The summed E-state index contributed by atoms with van der Waals surface area (Å²) in [6.07, 6.45) is 0. The molecule has 2 aromatic rings. The maximum absolute atomic E-state index is 11.9. The number of anilines is 1. The minimum Gasteiger partial charge on any atom is -0.326 e. The second kappa shape index (κ2) is 5.32. The first kappa shape index (κ1) is 12.8. The number of hydrogen-bond donors (Lipinski definition) is 4. The minimum atomic E-state index is -0.732. The Labute approximate surface area is 107 Å². The quantitative estimate of drug-likeness (QED) is 0.609. The summed E-state index contributed by atoms with van der Waals surface area (Å²) in [6.45, 7) is 0.266. The van der Waals surface area contributed by atoms with Crippen molar-refractivity contribution in [3.8, 4) is 0 Å². The summed E-state index contributed by atoms with van der Waals surface area (Å²) >= 11 is 0. The van der Waals surface area contributed by atoms with Crippen molar-refractivity contribution in [3.63, 3.8) is 0 Å². The maximum Gasteiger partial charge on any atom is 0.326 e. The van der Waals surface area contributed by atoms with Crippen molar-refractivity contribution in [1.82, 2.24) is 9.97 Å². The summed E-state index contributed by atoms with van der Waals surface area (Å²) in [5.41, 5.74) is 5.36. The molecule has 0 spiro atoms. The van der Waals surface area contributed by atoms with Gasteiger partial charge in [0.2, 0.25) is 0 Å². The zero-order valence-electron chi connectivity index (χ0n) is 9.90. The number of H-pyrrole nitrogens is 2. The van der Waals surface area contributed by atoms with Gasteiger partial charge in [-0.15, -0.1) is 0 Å². The molecule has 2 rings (SSSR count). The zero-order chi connectivity index (χ0) is 13.8. The minimum absolute atomic E-state index is 0.111. The van der Waals surface area contributed by atoms with Gasteiger partial charge in [0.25, 0.3) is 11.5 Å². The van der Waals surface area contributed by atoms with Gasteiger partial charge in [0.15, 0.2) is 0 Å². The summed E-state index contributed by atoms with van der Waals surface area (Å²) in [6, 6.07) is 8.02. The van der Waals surface area contributed by atoms with E-state index < -0.39 is 17.2 Å². The molecule has 0 radical (unpaired) electrons. The van der Waals surface area contributed by atoms with Gasteiger partial charge < -0.3 is 16.0 Å². The smallest absolute Gasteiger partial charge is 0.326 e. The van der Waals surface area contributed by atoms with Gasteiger partial charge in [-0.3, -0.25) is 14.6 Å². The van der Waals surface area contributed by atoms with Crippen molar-refractivity contribution in [2.75, 3.05) is 5.32 Å². The lowest BCUT2D eigenvalue weighted by molar-refractivity contribution is 0.102. The van der Waals surface area contributed by atoms with Crippen molar-refractivity contribution < 1.29 is 4.79 Å². The number of carbonyl (C=O) groups is 1. The van der Waals surface area contributed by atoms with Crippen LogP contribution in [-0.4, -0.2) is 15.9 Å². The molecule has 0 aliphatic rings. The second-order valence-corrected chi connectivity index (χ2v) is 3.82. The highest BCUT2D eigenvalue weighted by Gasteiger charge is 2.10. The zero-order valence-corrected chi connectivity index (χ0v) is 9.90. The van der Waals surface area contributed by atoms with Crippen molar-refractivity contribution >= 4 is 11.6 Å². The number of aromatic amines is 2. The highest BCUT2D eigenvalue weighted by Crippen LogP contribution is 2.14. The van der Waals surface area contributed by atoms with Gasteiger partial charge in [0.05, 0.1) is 0 Å². The summed E-state index contributed by atoms with van der Waals surface area (Å²) in [5, 5.41) is 2.59. The maximum atomic E-state index is 11.9. The lowest BCUT2D eigenvalue weighted by Gasteiger charge is -2.08. The summed E-state index contributed by atoms with van der Waals surface area (Å²) < 4.78 is 0. The average Bonchev–Trinajstić information content (AvgIpc) is 2.38. The fourth-order valence-corrected chi connectivity index (χ4v) is 1.60. The Balaban J connectivity index is 2.30. The van der Waals surface area contributed by atoms with Gasteiger partial charge in [0, 0.05) is 18.3 Å². The third kappa shape index (κ3) is 2.96. The van der Waals surface area contributed by atoms with E-state index in [0.717, 1.165) is 11.6 Å². The molecule has 0 atom stereocenters. The van der Waals surface area contributed by atoms with Gasteiger partial charge in [-0.25, -0.2) is 4.79 Å². The Hall–Kier alpha value is -2.67. The van der Waals surface area contributed by atoms with E-state index in [1.807, 2.05) is 4.98 Å². The predicted octanol–water partition coefficient (Wildman–Crippen LogP) is -0.226. The number of amides is 1. The average molecular weight is 260 g/mol. The number of carbonyl (C=O) groups excluding carboxylic acids is 1. The molecule has 0 aliphatic heterocycles. The molecule has 1 heterocycles. The molecular formula is C12H12N4O3. The Morgan fingerprint density at radius 2 is 1.95 bits per heavy atom. The topological polar surface area (TPSA) is 121 Å². The number of para-hydroxylation sites is 1. The van der Waals surface area contributed by atoms with E-state index in [0.29, 0.717) is 5.69 Å². The van der Waals surface area contributed by atoms with E-state index in [-0.39, 0.29) is 12.2 Å². The molecule has 0 bridgehead atoms. The molecule has 19 heavy (non-hydrogen) atoms. The van der Waals surface area contributed by atoms with Gasteiger partial charge in [0.1, 0.15) is 5.69 Å². The van der Waals surface area contributed by atoms with E-state index in [1.165, 1.54) is 0 Å². The van der Waals surface area contributed by atoms with Gasteiger partial charge in [-0.05, 0) is 11.6 Å². The number of nitrogens with one attached hydrogen (secondary N) is 3. The van der Waals surface area contributed by atoms with E-state index >= 15 is 0 Å². The molecule has 7 nitrogen and oxygen atoms in total. The molecule has 0 saturated carbocycles. The highest BCUT2D eigenvalue weighted by atomic mass is 16.2. The molecule has 0 unspecified atom stereocenters. The monoisotopic (exact) mass is 260 g/mol. The number of nitrogens with two attached hydrogens (primary N) is 1. The van der Waals surface area contributed by atoms with Crippen molar-refractivity contribution in [3.05, 3.63) is 62.4 Å². The number of hydrogen-bond acceptors (Lipinski definition) is 4. The van der Waals surface area contributed by atoms with Crippen LogP contribution in [-0.2, 0) is 6.54 Å². The SMILES string of the molecule is NCc1ccccc1NC(=O)c1cc(=O)[nH]c(=O)[nH]1. The Morgan fingerprint density at radius 3 is 2.63 bits per heavy atom. The largest absolute Gasteiger partial charge is 0.326 e. The summed E-state index contributed by atoms with van der Waals surface area (Å²) in [7, 11) is 0. The standard InChI is InChI=1S/C12H12N4O3/c13-6-7-3-1-2-4-8(7)14-11(18)9-5-10(17)16-12(19)15-9/h1-5H,6,13H2,(H,14,18)(H2,15,16,17,19). The number of rotatable bonds is 3. The summed E-state index contributed by atoms with van der Waals surface area (Å²) in [4.78, 5) is 38.3. The van der Waals surface area contributed by atoms with Crippen LogP contribution in [0.25, 0.3) is 0 Å². The van der Waals surface area contributed by atoms with Gasteiger partial charge in [-0.1, -0.05) is 18.2 Å². The first-order valence-corrected chi connectivity index (χ1v) is 5.53. The van der Waals surface area contributed by atoms with Crippen LogP contribution in [0.5, 0.6) is 0 Å². The fourth-order valence-electron chi connectivity index (χ4n) is 1.60. The Bertz CT molecular complexity index is 689. The molecule has 98 valence electrons. The van der Waals surface area contributed by atoms with Crippen molar-refractivity contribution in [2.45, 2.75) is 6.54 Å². The van der Waals surface area contributed by atoms with Gasteiger partial charge >= 0.3 is 5.69 Å². The molecule has 0 saturated heterocycles. The molecular weight excluding hydrogens is 248 g/mol. The van der Waals surface area contributed by atoms with Crippen LogP contribution in [0.15, 0.2) is 39.9 Å². The van der Waals surface area contributed by atoms with E-state index in [1.54, 1.807) is 24.3 Å². The van der Waals surface area contributed by atoms with E-state index in [9.17, 15) is 14.4 Å². The first-order chi connectivity index (χ1) is 9.10. The summed E-state index contributed by atoms with van der Waals surface area (Å²) in [5.74, 6) is -0.580. The van der Waals surface area contributed by atoms with Gasteiger partial charge in [-0.2, -0.15) is 0 Å². The fraction of sp³-hybridized carbons (Fsp3) is 0.0833. The molecule has 1 amide bonds. The molecule has 1 aromatic carbocycles. The lowest BCUT2D eigenvalue weighted by Crippen LogP contribution is -2.27. The highest BCUT2D eigenvalue weighted by molar-refractivity contribution is 6.03. The predicted molar refractivity (Wildman–Crippen MR) is 70.0 cm³/mol. The van der Waals surface area contributed by atoms with Crippen molar-refractivity contribution in [2.24, 2.45) is 5.73 Å². The molecule has 0 fully saturated rings. The molecule has 1 aromatic heterocycles. The van der Waals surface area contributed by atoms with E-state index in [4.69, 9.17) is 5.73 Å². The second-order valence-electron chi connectivity index (χ2n) is 3.82. The van der Waals surface area contributed by atoms with Crippen molar-refractivity contribution in [1.29, 1.82) is 0 Å². The number of aromatic nitrogens is 2. The third-order valence-corrected chi connectivity index (χ3v) is 2.49. The van der Waals surface area contributed by atoms with Crippen LogP contribution in [0.2, 0.25) is 0 Å². The van der Waals surface area contributed by atoms with Crippen LogP contribution in [0.3, 0.4) is 0 Å². The molecule has 5 N–H and O–H groups in total. The van der Waals surface area contributed by atoms with Crippen LogP contribution in [0, 0.1) is 0 Å². The lowest BCUT2D eigenvalue weighted by atomic mass is 10.2. The molecule has 0 aliphatic carbocycles. The van der Waals surface area contributed by atoms with Crippen LogP contribution < -0.4 is 22.3 Å². The van der Waals surface area contributed by atoms with E-state index in [2.05, 4.69) is 10.3 Å². The normalized spacial score (nSPS) is 10.2. The van der Waals surface area contributed by atoms with Crippen LogP contribution >= 0.6 is 0 Å². The number of benzene rings is 1.